The summed E-state index contributed by atoms with van der Waals surface area (Å²) in [7, 11) is 0. The van der Waals surface area contributed by atoms with E-state index in [4.69, 9.17) is 4.74 Å². The summed E-state index contributed by atoms with van der Waals surface area (Å²) in [4.78, 5) is 29.5. The van der Waals surface area contributed by atoms with Crippen molar-refractivity contribution >= 4 is 68.8 Å². The van der Waals surface area contributed by atoms with E-state index in [9.17, 15) is 9.59 Å². The molecule has 4 rings (SSSR count). The molecule has 8 heteroatoms. The summed E-state index contributed by atoms with van der Waals surface area (Å²) in [5, 5.41) is 6.17. The molecule has 0 aromatic heterocycles. The number of anilines is 1. The second-order valence-electron chi connectivity index (χ2n) is 7.20. The van der Waals surface area contributed by atoms with E-state index in [2.05, 4.69) is 38.2 Å². The lowest BCUT2D eigenvalue weighted by Gasteiger charge is -2.09. The minimum atomic E-state index is -0.232. The van der Waals surface area contributed by atoms with Gasteiger partial charge >= 0.3 is 0 Å². The van der Waals surface area contributed by atoms with Crippen molar-refractivity contribution in [1.29, 1.82) is 0 Å². The predicted molar refractivity (Wildman–Crippen MR) is 142 cm³/mol. The highest BCUT2D eigenvalue weighted by Crippen LogP contribution is 2.28. The van der Waals surface area contributed by atoms with Gasteiger partial charge in [0.15, 0.2) is 11.8 Å². The van der Waals surface area contributed by atoms with Crippen LogP contribution in [0.4, 0.5) is 11.4 Å². The van der Waals surface area contributed by atoms with Gasteiger partial charge in [0, 0.05) is 3.57 Å². The zero-order valence-corrected chi connectivity index (χ0v) is 20.6. The van der Waals surface area contributed by atoms with Gasteiger partial charge in [0.05, 0.1) is 16.3 Å². The largest absolute Gasteiger partial charge is 0.484 e. The van der Waals surface area contributed by atoms with E-state index < -0.39 is 0 Å². The molecule has 0 spiro atoms. The number of carbonyl (C=O) groups excluding carboxylic acids is 2. The van der Waals surface area contributed by atoms with Crippen LogP contribution in [-0.2, 0) is 9.59 Å². The first-order valence-electron chi connectivity index (χ1n) is 10.1. The number of amidine groups is 1. The third-order valence-electron chi connectivity index (χ3n) is 4.61. The molecule has 3 aromatic carbocycles. The number of hydrogen-bond acceptors (Lipinski definition) is 5. The van der Waals surface area contributed by atoms with Crippen LogP contribution >= 0.6 is 34.4 Å². The van der Waals surface area contributed by atoms with Crippen LogP contribution in [0.1, 0.15) is 11.1 Å². The minimum absolute atomic E-state index is 0.0947. The SMILES string of the molecule is Cc1ccc(N=C2NC(=O)/C(=C/c3ccc(OCC(=O)Nc4ccccc4I)cc3)S2)cc1. The maximum atomic E-state index is 12.3. The number of carbonyl (C=O) groups is 2. The van der Waals surface area contributed by atoms with Crippen molar-refractivity contribution < 1.29 is 14.3 Å². The summed E-state index contributed by atoms with van der Waals surface area (Å²) in [6.07, 6.45) is 1.80. The number of aryl methyl sites for hydroxylation is 1. The minimum Gasteiger partial charge on any atom is -0.484 e. The zero-order chi connectivity index (χ0) is 23.2. The first-order valence-corrected chi connectivity index (χ1v) is 12.0. The van der Waals surface area contributed by atoms with Gasteiger partial charge in [-0.1, -0.05) is 42.0 Å². The molecule has 2 N–H and O–H groups in total. The summed E-state index contributed by atoms with van der Waals surface area (Å²) in [6, 6.07) is 22.5. The molecular formula is C25H20IN3O3S. The summed E-state index contributed by atoms with van der Waals surface area (Å²) in [6.45, 7) is 1.92. The van der Waals surface area contributed by atoms with Gasteiger partial charge in [-0.3, -0.25) is 9.59 Å². The lowest BCUT2D eigenvalue weighted by atomic mass is 10.2. The number of rotatable bonds is 6. The van der Waals surface area contributed by atoms with Gasteiger partial charge in [-0.05, 0) is 89.3 Å². The molecule has 166 valence electrons. The Morgan fingerprint density at radius 2 is 1.82 bits per heavy atom. The molecule has 1 saturated heterocycles. The number of nitrogens with one attached hydrogen (secondary N) is 2. The van der Waals surface area contributed by atoms with Crippen molar-refractivity contribution in [3.8, 4) is 5.75 Å². The van der Waals surface area contributed by atoms with Gasteiger partial charge in [0.2, 0.25) is 0 Å². The molecule has 0 bridgehead atoms. The van der Waals surface area contributed by atoms with Crippen LogP contribution in [0.25, 0.3) is 6.08 Å². The van der Waals surface area contributed by atoms with Gasteiger partial charge in [-0.25, -0.2) is 4.99 Å². The lowest BCUT2D eigenvalue weighted by molar-refractivity contribution is -0.118. The standard InChI is InChI=1S/C25H20IN3O3S/c1-16-6-10-18(11-7-16)27-25-29-24(31)22(33-25)14-17-8-12-19(13-9-17)32-15-23(30)28-21-5-3-2-4-20(21)26/h2-14H,15H2,1H3,(H,28,30)(H,27,29,31)/b22-14-. The Morgan fingerprint density at radius 1 is 1.09 bits per heavy atom. The molecule has 1 aliphatic heterocycles. The zero-order valence-electron chi connectivity index (χ0n) is 17.7. The van der Waals surface area contributed by atoms with Crippen LogP contribution in [0.5, 0.6) is 5.75 Å². The van der Waals surface area contributed by atoms with Crippen molar-refractivity contribution in [2.24, 2.45) is 4.99 Å². The molecule has 1 fully saturated rings. The van der Waals surface area contributed by atoms with Crippen molar-refractivity contribution in [3.05, 3.63) is 92.4 Å². The molecule has 3 aromatic rings. The van der Waals surface area contributed by atoms with Crippen LogP contribution < -0.4 is 15.4 Å². The van der Waals surface area contributed by atoms with Gasteiger partial charge in [0.25, 0.3) is 11.8 Å². The quantitative estimate of drug-likeness (QED) is 0.303. The molecule has 6 nitrogen and oxygen atoms in total. The third-order valence-corrected chi connectivity index (χ3v) is 6.46. The molecule has 0 radical (unpaired) electrons. The van der Waals surface area contributed by atoms with E-state index in [1.807, 2.05) is 67.6 Å². The van der Waals surface area contributed by atoms with E-state index in [-0.39, 0.29) is 18.4 Å². The number of benzene rings is 3. The molecule has 0 atom stereocenters. The Labute approximate surface area is 209 Å². The Kier molecular flexibility index (Phi) is 7.46. The number of thioether (sulfide) groups is 1. The summed E-state index contributed by atoms with van der Waals surface area (Å²) in [5.74, 6) is 0.156. The van der Waals surface area contributed by atoms with Crippen LogP contribution in [0, 0.1) is 10.5 Å². The summed E-state index contributed by atoms with van der Waals surface area (Å²) >= 11 is 3.47. The van der Waals surface area contributed by atoms with Gasteiger partial charge in [-0.15, -0.1) is 0 Å². The highest BCUT2D eigenvalue weighted by molar-refractivity contribution is 14.1. The van der Waals surface area contributed by atoms with E-state index in [1.54, 1.807) is 18.2 Å². The summed E-state index contributed by atoms with van der Waals surface area (Å²) in [5.41, 5.74) is 3.55. The normalized spacial score (nSPS) is 15.5. The van der Waals surface area contributed by atoms with Crippen LogP contribution in [0.2, 0.25) is 0 Å². The van der Waals surface area contributed by atoms with E-state index in [1.165, 1.54) is 11.8 Å². The highest BCUT2D eigenvalue weighted by atomic mass is 127. The number of ether oxygens (including phenoxy) is 1. The Bertz CT molecular complexity index is 1240. The van der Waals surface area contributed by atoms with E-state index in [0.717, 1.165) is 26.1 Å². The second-order valence-corrected chi connectivity index (χ2v) is 9.40. The van der Waals surface area contributed by atoms with Crippen molar-refractivity contribution in [1.82, 2.24) is 5.32 Å². The second kappa shape index (κ2) is 10.7. The highest BCUT2D eigenvalue weighted by Gasteiger charge is 2.23. The average Bonchev–Trinajstić information content (AvgIpc) is 3.15. The van der Waals surface area contributed by atoms with Crippen molar-refractivity contribution in [3.63, 3.8) is 0 Å². The molecule has 2 amide bonds. The monoisotopic (exact) mass is 569 g/mol. The predicted octanol–water partition coefficient (Wildman–Crippen LogP) is 5.51. The van der Waals surface area contributed by atoms with Crippen LogP contribution in [0.3, 0.4) is 0 Å². The Balaban J connectivity index is 1.34. The fraction of sp³-hybridized carbons (Fsp3) is 0.0800. The molecule has 1 heterocycles. The van der Waals surface area contributed by atoms with Crippen molar-refractivity contribution in [2.45, 2.75) is 6.92 Å². The van der Waals surface area contributed by atoms with Crippen LogP contribution in [0.15, 0.2) is 82.7 Å². The van der Waals surface area contributed by atoms with Gasteiger partial charge in [0.1, 0.15) is 5.75 Å². The Hall–Kier alpha value is -3.11. The summed E-state index contributed by atoms with van der Waals surface area (Å²) < 4.78 is 6.54. The van der Waals surface area contributed by atoms with Gasteiger partial charge < -0.3 is 15.4 Å². The molecular weight excluding hydrogens is 549 g/mol. The first-order chi connectivity index (χ1) is 16.0. The molecule has 1 aliphatic rings. The first kappa shape index (κ1) is 23.1. The fourth-order valence-electron chi connectivity index (χ4n) is 2.93. The maximum absolute atomic E-state index is 12.3. The van der Waals surface area contributed by atoms with E-state index in [0.29, 0.717) is 15.8 Å². The number of halogens is 1. The molecule has 33 heavy (non-hydrogen) atoms. The lowest BCUT2D eigenvalue weighted by Crippen LogP contribution is -2.20. The number of aliphatic imine (C=N–C) groups is 1. The third kappa shape index (κ3) is 6.45. The van der Waals surface area contributed by atoms with E-state index >= 15 is 0 Å². The number of amides is 2. The number of nitrogens with zero attached hydrogens (tertiary/aromatic N) is 1. The topological polar surface area (TPSA) is 79.8 Å². The fourth-order valence-corrected chi connectivity index (χ4v) is 4.29. The number of para-hydroxylation sites is 1. The van der Waals surface area contributed by atoms with Crippen LogP contribution in [-0.4, -0.2) is 23.6 Å². The Morgan fingerprint density at radius 3 is 2.55 bits per heavy atom. The molecule has 0 saturated carbocycles. The smallest absolute Gasteiger partial charge is 0.264 e. The number of hydrogen-bond donors (Lipinski definition) is 2. The molecule has 0 unspecified atom stereocenters. The van der Waals surface area contributed by atoms with Gasteiger partial charge in [-0.2, -0.15) is 0 Å². The molecule has 0 aliphatic carbocycles. The average molecular weight is 569 g/mol. The van der Waals surface area contributed by atoms with Crippen molar-refractivity contribution in [2.75, 3.05) is 11.9 Å². The maximum Gasteiger partial charge on any atom is 0.264 e.